The van der Waals surface area contributed by atoms with Crippen LogP contribution in [0, 0.1) is 17.1 Å². The molecule has 0 radical (unpaired) electrons. The molecular weight excluding hydrogens is 181 g/mol. The number of nitrogens with zero attached hydrogens (tertiary/aromatic N) is 1. The third-order valence-corrected chi connectivity index (χ3v) is 1.92. The quantitative estimate of drug-likeness (QED) is 0.735. The van der Waals surface area contributed by atoms with Crippen LogP contribution < -0.4 is 0 Å². The van der Waals surface area contributed by atoms with E-state index in [4.69, 9.17) is 5.26 Å². The highest BCUT2D eigenvalue weighted by atomic mass is 19.1. The second-order valence-electron chi connectivity index (χ2n) is 3.13. The Morgan fingerprint density at radius 3 is 2.86 bits per heavy atom. The molecule has 0 saturated carbocycles. The summed E-state index contributed by atoms with van der Waals surface area (Å²) in [4.78, 5) is 10.7. The molecule has 2 nitrogen and oxygen atoms in total. The number of rotatable bonds is 3. The summed E-state index contributed by atoms with van der Waals surface area (Å²) in [5, 5.41) is 8.56. The second-order valence-corrected chi connectivity index (χ2v) is 3.13. The van der Waals surface area contributed by atoms with Crippen molar-refractivity contribution in [1.29, 1.82) is 5.26 Å². The molecule has 0 unspecified atom stereocenters. The number of halogens is 1. The number of hydrogen-bond donors (Lipinski definition) is 0. The van der Waals surface area contributed by atoms with Gasteiger partial charge < -0.3 is 4.79 Å². The van der Waals surface area contributed by atoms with Crippen LogP contribution in [0.5, 0.6) is 0 Å². The van der Waals surface area contributed by atoms with E-state index in [1.165, 1.54) is 19.1 Å². The fourth-order valence-electron chi connectivity index (χ4n) is 1.13. The van der Waals surface area contributed by atoms with Gasteiger partial charge in [0, 0.05) is 6.42 Å². The van der Waals surface area contributed by atoms with Crippen molar-refractivity contribution in [1.82, 2.24) is 0 Å². The monoisotopic (exact) mass is 191 g/mol. The van der Waals surface area contributed by atoms with Gasteiger partial charge in [-0.15, -0.1) is 0 Å². The van der Waals surface area contributed by atoms with Gasteiger partial charge in [0.1, 0.15) is 17.7 Å². The minimum absolute atomic E-state index is 0.0334. The number of benzene rings is 1. The topological polar surface area (TPSA) is 40.9 Å². The molecule has 0 amide bonds. The van der Waals surface area contributed by atoms with Crippen molar-refractivity contribution >= 4 is 5.78 Å². The van der Waals surface area contributed by atoms with E-state index in [1.54, 1.807) is 12.1 Å². The summed E-state index contributed by atoms with van der Waals surface area (Å²) < 4.78 is 12.9. The van der Waals surface area contributed by atoms with Crippen molar-refractivity contribution in [2.24, 2.45) is 0 Å². The molecule has 14 heavy (non-hydrogen) atoms. The molecule has 0 fully saturated rings. The van der Waals surface area contributed by atoms with Crippen LogP contribution in [0.25, 0.3) is 0 Å². The standard InChI is InChI=1S/C11H10FNO/c1-8(14)2-3-9-4-5-11(12)10(6-9)7-13/h4-6H,2-3H2,1H3. The van der Waals surface area contributed by atoms with Gasteiger partial charge in [0.25, 0.3) is 0 Å². The lowest BCUT2D eigenvalue weighted by molar-refractivity contribution is -0.116. The predicted octanol–water partition coefficient (Wildman–Crippen LogP) is 2.22. The maximum absolute atomic E-state index is 12.9. The predicted molar refractivity (Wildman–Crippen MR) is 50.1 cm³/mol. The van der Waals surface area contributed by atoms with Crippen LogP contribution in [-0.2, 0) is 11.2 Å². The maximum atomic E-state index is 12.9. The summed E-state index contributed by atoms with van der Waals surface area (Å²) in [5.41, 5.74) is 0.851. The van der Waals surface area contributed by atoms with E-state index in [-0.39, 0.29) is 11.3 Å². The summed E-state index contributed by atoms with van der Waals surface area (Å²) in [6.07, 6.45) is 0.987. The Balaban J connectivity index is 2.80. The molecular formula is C11H10FNO. The molecule has 72 valence electrons. The van der Waals surface area contributed by atoms with Crippen LogP contribution in [0.2, 0.25) is 0 Å². The Labute approximate surface area is 82.0 Å². The van der Waals surface area contributed by atoms with Crippen molar-refractivity contribution in [2.75, 3.05) is 0 Å². The zero-order valence-electron chi connectivity index (χ0n) is 7.88. The lowest BCUT2D eigenvalue weighted by Gasteiger charge is -2.00. The molecule has 0 aromatic heterocycles. The summed E-state index contributed by atoms with van der Waals surface area (Å²) in [6.45, 7) is 1.51. The van der Waals surface area contributed by atoms with Crippen LogP contribution in [0.1, 0.15) is 24.5 Å². The smallest absolute Gasteiger partial charge is 0.140 e. The van der Waals surface area contributed by atoms with Crippen LogP contribution in [0.15, 0.2) is 18.2 Å². The fraction of sp³-hybridized carbons (Fsp3) is 0.273. The number of ketones is 1. The average molecular weight is 191 g/mol. The van der Waals surface area contributed by atoms with Gasteiger partial charge in [-0.25, -0.2) is 4.39 Å². The van der Waals surface area contributed by atoms with Gasteiger partial charge >= 0.3 is 0 Å². The molecule has 0 atom stereocenters. The third kappa shape index (κ3) is 2.67. The van der Waals surface area contributed by atoms with E-state index in [1.807, 2.05) is 0 Å². The lowest BCUT2D eigenvalue weighted by Crippen LogP contribution is -1.95. The molecule has 1 aromatic carbocycles. The van der Waals surface area contributed by atoms with Gasteiger partial charge in [0.15, 0.2) is 0 Å². The summed E-state index contributed by atoms with van der Waals surface area (Å²) in [5.74, 6) is -0.424. The van der Waals surface area contributed by atoms with Crippen molar-refractivity contribution < 1.29 is 9.18 Å². The van der Waals surface area contributed by atoms with Crippen molar-refractivity contribution in [2.45, 2.75) is 19.8 Å². The first-order chi connectivity index (χ1) is 6.63. The molecule has 0 saturated heterocycles. The molecule has 0 heterocycles. The number of aryl methyl sites for hydroxylation is 1. The summed E-state index contributed by atoms with van der Waals surface area (Å²) in [7, 11) is 0. The van der Waals surface area contributed by atoms with Crippen LogP contribution in [-0.4, -0.2) is 5.78 Å². The first-order valence-corrected chi connectivity index (χ1v) is 4.31. The van der Waals surface area contributed by atoms with E-state index < -0.39 is 5.82 Å². The maximum Gasteiger partial charge on any atom is 0.140 e. The summed E-state index contributed by atoms with van der Waals surface area (Å²) >= 11 is 0. The van der Waals surface area contributed by atoms with Crippen LogP contribution in [0.4, 0.5) is 4.39 Å². The molecule has 0 aliphatic heterocycles. The first-order valence-electron chi connectivity index (χ1n) is 4.31. The lowest BCUT2D eigenvalue weighted by atomic mass is 10.1. The Hall–Kier alpha value is -1.69. The van der Waals surface area contributed by atoms with Gasteiger partial charge in [0.2, 0.25) is 0 Å². The van der Waals surface area contributed by atoms with Gasteiger partial charge in [-0.1, -0.05) is 6.07 Å². The van der Waals surface area contributed by atoms with E-state index in [2.05, 4.69) is 0 Å². The zero-order chi connectivity index (χ0) is 10.6. The highest BCUT2D eigenvalue weighted by Crippen LogP contribution is 2.11. The van der Waals surface area contributed by atoms with Gasteiger partial charge in [-0.05, 0) is 31.0 Å². The Kier molecular flexibility index (Phi) is 3.35. The summed E-state index contributed by atoms with van der Waals surface area (Å²) in [6, 6.07) is 6.10. The van der Waals surface area contributed by atoms with Gasteiger partial charge in [-0.2, -0.15) is 5.26 Å². The molecule has 0 bridgehead atoms. The van der Waals surface area contributed by atoms with E-state index in [0.717, 1.165) is 5.56 Å². The molecule has 0 N–H and O–H groups in total. The highest BCUT2D eigenvalue weighted by Gasteiger charge is 2.03. The first kappa shape index (κ1) is 10.4. The molecule has 1 aromatic rings. The minimum Gasteiger partial charge on any atom is -0.300 e. The van der Waals surface area contributed by atoms with Crippen molar-refractivity contribution in [3.63, 3.8) is 0 Å². The third-order valence-electron chi connectivity index (χ3n) is 1.92. The average Bonchev–Trinajstić information content (AvgIpc) is 2.16. The van der Waals surface area contributed by atoms with Crippen LogP contribution >= 0.6 is 0 Å². The van der Waals surface area contributed by atoms with Crippen molar-refractivity contribution in [3.8, 4) is 6.07 Å². The number of hydrogen-bond acceptors (Lipinski definition) is 2. The normalized spacial score (nSPS) is 9.50. The van der Waals surface area contributed by atoms with Gasteiger partial charge in [-0.3, -0.25) is 0 Å². The van der Waals surface area contributed by atoms with Gasteiger partial charge in [0.05, 0.1) is 5.56 Å². The minimum atomic E-state index is -0.515. The molecule has 0 aliphatic carbocycles. The Morgan fingerprint density at radius 2 is 2.29 bits per heavy atom. The van der Waals surface area contributed by atoms with E-state index in [9.17, 15) is 9.18 Å². The highest BCUT2D eigenvalue weighted by molar-refractivity contribution is 5.75. The molecule has 1 rings (SSSR count). The number of Topliss-reactive ketones (excluding diaryl/α,β-unsaturated/α-hetero) is 1. The largest absolute Gasteiger partial charge is 0.300 e. The number of nitriles is 1. The Bertz CT molecular complexity index is 393. The number of carbonyl (C=O) groups is 1. The molecule has 0 aliphatic rings. The number of carbonyl (C=O) groups excluding carboxylic acids is 1. The fourth-order valence-corrected chi connectivity index (χ4v) is 1.13. The van der Waals surface area contributed by atoms with E-state index >= 15 is 0 Å². The molecule has 0 spiro atoms. The van der Waals surface area contributed by atoms with Crippen LogP contribution in [0.3, 0.4) is 0 Å². The zero-order valence-corrected chi connectivity index (χ0v) is 7.88. The Morgan fingerprint density at radius 1 is 1.57 bits per heavy atom. The molecule has 3 heteroatoms. The van der Waals surface area contributed by atoms with Crippen molar-refractivity contribution in [3.05, 3.63) is 35.1 Å². The SMILES string of the molecule is CC(=O)CCc1ccc(F)c(C#N)c1. The second kappa shape index (κ2) is 4.52. The van der Waals surface area contributed by atoms with E-state index in [0.29, 0.717) is 12.8 Å².